The molecular weight excluding hydrogens is 687 g/mol. The van der Waals surface area contributed by atoms with Gasteiger partial charge in [-0.2, -0.15) is 0 Å². The highest BCUT2D eigenvalue weighted by Crippen LogP contribution is 2.12. The van der Waals surface area contributed by atoms with E-state index >= 15 is 0 Å². The van der Waals surface area contributed by atoms with E-state index in [1.165, 1.54) is 12.2 Å². The van der Waals surface area contributed by atoms with Gasteiger partial charge in [0.25, 0.3) is 11.8 Å². The number of halogens is 1. The number of ether oxygens (including phenoxy) is 4. The van der Waals surface area contributed by atoms with Crippen LogP contribution in [0.4, 0.5) is 5.69 Å². The van der Waals surface area contributed by atoms with Crippen LogP contribution in [-0.2, 0) is 47.3 Å². The van der Waals surface area contributed by atoms with Crippen molar-refractivity contribution in [1.82, 2.24) is 15.5 Å². The van der Waals surface area contributed by atoms with E-state index in [9.17, 15) is 24.0 Å². The Labute approximate surface area is 271 Å². The van der Waals surface area contributed by atoms with Crippen LogP contribution in [-0.4, -0.2) is 106 Å². The Kier molecular flexibility index (Phi) is 17.7. The zero-order chi connectivity index (χ0) is 32.3. The number of carbonyl (C=O) groups excluding carboxylic acids is 5. The molecular formula is C30H43IN4O9. The zero-order valence-electron chi connectivity index (χ0n) is 25.5. The van der Waals surface area contributed by atoms with Crippen molar-refractivity contribution in [3.8, 4) is 0 Å². The predicted octanol–water partition coefficient (Wildman–Crippen LogP) is 1.59. The number of anilines is 1. The van der Waals surface area contributed by atoms with Crippen molar-refractivity contribution in [3.63, 3.8) is 0 Å². The zero-order valence-corrected chi connectivity index (χ0v) is 27.6. The largest absolute Gasteiger partial charge is 0.379 e. The van der Waals surface area contributed by atoms with Crippen molar-refractivity contribution in [2.75, 3.05) is 64.7 Å². The van der Waals surface area contributed by atoms with Gasteiger partial charge in [0.1, 0.15) is 12.1 Å². The molecule has 44 heavy (non-hydrogen) atoms. The second-order valence-corrected chi connectivity index (χ2v) is 11.0. The summed E-state index contributed by atoms with van der Waals surface area (Å²) in [5.74, 6) is -1.98. The molecule has 1 aromatic carbocycles. The Morgan fingerprint density at radius 1 is 0.750 bits per heavy atom. The Balaban J connectivity index is 1.49. The standard InChI is InChI=1S/C30H43IN4O9/c1-21(2)28(30(40)32-22(3)29(39)33-24-6-4-23(20-31)5-7-24)34-25(36)10-12-41-14-16-43-18-19-44-17-15-42-13-11-35-26(37)8-9-27(35)38/h4-9,21-22,28H,10-20H2,1-3H3,(H,32,40)(H,33,39)(H,34,36)/t22-,28-/m0/s1. The number of hydrogen-bond donors (Lipinski definition) is 3. The van der Waals surface area contributed by atoms with Crippen LogP contribution < -0.4 is 16.0 Å². The first-order valence-electron chi connectivity index (χ1n) is 14.5. The third kappa shape index (κ3) is 14.2. The molecule has 1 heterocycles. The Hall–Kier alpha value is -2.92. The second-order valence-electron chi connectivity index (χ2n) is 10.2. The van der Waals surface area contributed by atoms with Gasteiger partial charge < -0.3 is 34.9 Å². The van der Waals surface area contributed by atoms with Gasteiger partial charge in [0.15, 0.2) is 0 Å². The third-order valence-electron chi connectivity index (χ3n) is 6.34. The summed E-state index contributed by atoms with van der Waals surface area (Å²) in [6.45, 7) is 7.85. The van der Waals surface area contributed by atoms with Crippen molar-refractivity contribution < 1.29 is 42.9 Å². The van der Waals surface area contributed by atoms with Gasteiger partial charge in [0.05, 0.1) is 59.4 Å². The lowest BCUT2D eigenvalue weighted by Crippen LogP contribution is -2.53. The molecule has 2 rings (SSSR count). The average Bonchev–Trinajstić information content (AvgIpc) is 3.32. The average molecular weight is 731 g/mol. The molecule has 0 aromatic heterocycles. The van der Waals surface area contributed by atoms with Crippen molar-refractivity contribution in [2.24, 2.45) is 5.92 Å². The minimum atomic E-state index is -0.801. The van der Waals surface area contributed by atoms with Gasteiger partial charge in [0.2, 0.25) is 17.7 Å². The first-order valence-corrected chi connectivity index (χ1v) is 16.0. The number of carbonyl (C=O) groups is 5. The summed E-state index contributed by atoms with van der Waals surface area (Å²) in [7, 11) is 0. The number of nitrogens with one attached hydrogen (secondary N) is 3. The Bertz CT molecular complexity index is 1100. The number of rotatable bonds is 22. The SMILES string of the molecule is CC(C)[C@H](NC(=O)CCOCCOCCOCCOCCN1C(=O)C=CC1=O)C(=O)N[C@@H](C)C(=O)Nc1ccc(CI)cc1. The maximum absolute atomic E-state index is 12.8. The molecule has 1 aliphatic rings. The summed E-state index contributed by atoms with van der Waals surface area (Å²) in [4.78, 5) is 61.8. The molecule has 2 atom stereocenters. The van der Waals surface area contributed by atoms with Crippen LogP contribution in [0.15, 0.2) is 36.4 Å². The van der Waals surface area contributed by atoms with Crippen LogP contribution in [0.2, 0.25) is 0 Å². The smallest absolute Gasteiger partial charge is 0.253 e. The lowest BCUT2D eigenvalue weighted by molar-refractivity contribution is -0.137. The maximum atomic E-state index is 12.8. The van der Waals surface area contributed by atoms with E-state index in [2.05, 4.69) is 38.5 Å². The molecule has 0 saturated carbocycles. The minimum absolute atomic E-state index is 0.0689. The summed E-state index contributed by atoms with van der Waals surface area (Å²) in [6.07, 6.45) is 2.54. The van der Waals surface area contributed by atoms with Gasteiger partial charge in [-0.25, -0.2) is 0 Å². The predicted molar refractivity (Wildman–Crippen MR) is 171 cm³/mol. The lowest BCUT2D eigenvalue weighted by atomic mass is 10.0. The summed E-state index contributed by atoms with van der Waals surface area (Å²) >= 11 is 2.26. The van der Waals surface area contributed by atoms with Crippen LogP contribution in [0.3, 0.4) is 0 Å². The first-order chi connectivity index (χ1) is 21.1. The van der Waals surface area contributed by atoms with Gasteiger partial charge in [-0.05, 0) is 30.5 Å². The highest BCUT2D eigenvalue weighted by molar-refractivity contribution is 14.1. The van der Waals surface area contributed by atoms with E-state index in [-0.39, 0.29) is 55.7 Å². The molecule has 3 N–H and O–H groups in total. The topological polar surface area (TPSA) is 162 Å². The molecule has 0 radical (unpaired) electrons. The van der Waals surface area contributed by atoms with Crippen LogP contribution in [0.5, 0.6) is 0 Å². The number of nitrogens with zero attached hydrogens (tertiary/aromatic N) is 1. The van der Waals surface area contributed by atoms with Crippen LogP contribution in [0.1, 0.15) is 32.8 Å². The van der Waals surface area contributed by atoms with Crippen LogP contribution in [0, 0.1) is 5.92 Å². The molecule has 14 heteroatoms. The number of amides is 5. The molecule has 5 amide bonds. The van der Waals surface area contributed by atoms with Crippen LogP contribution >= 0.6 is 22.6 Å². The summed E-state index contributed by atoms with van der Waals surface area (Å²) in [5.41, 5.74) is 1.78. The molecule has 244 valence electrons. The first kappa shape index (κ1) is 37.3. The molecule has 13 nitrogen and oxygen atoms in total. The molecule has 1 aromatic rings. The molecule has 1 aliphatic heterocycles. The maximum Gasteiger partial charge on any atom is 0.253 e. The van der Waals surface area contributed by atoms with Crippen molar-refractivity contribution in [1.29, 1.82) is 0 Å². The molecule has 0 spiro atoms. The van der Waals surface area contributed by atoms with Gasteiger partial charge in [-0.15, -0.1) is 0 Å². The van der Waals surface area contributed by atoms with Crippen LogP contribution in [0.25, 0.3) is 0 Å². The van der Waals surface area contributed by atoms with E-state index < -0.39 is 18.0 Å². The van der Waals surface area contributed by atoms with Gasteiger partial charge in [-0.3, -0.25) is 28.9 Å². The summed E-state index contributed by atoms with van der Waals surface area (Å²) < 4.78 is 22.5. The molecule has 0 fully saturated rings. The lowest BCUT2D eigenvalue weighted by Gasteiger charge is -2.24. The number of hydrogen-bond acceptors (Lipinski definition) is 9. The fourth-order valence-electron chi connectivity index (χ4n) is 3.81. The monoisotopic (exact) mass is 730 g/mol. The Morgan fingerprint density at radius 2 is 1.27 bits per heavy atom. The molecule has 0 unspecified atom stereocenters. The quantitative estimate of drug-likeness (QED) is 0.0697. The van der Waals surface area contributed by atoms with E-state index in [0.29, 0.717) is 45.3 Å². The highest BCUT2D eigenvalue weighted by atomic mass is 127. The van der Waals surface area contributed by atoms with Gasteiger partial charge in [-0.1, -0.05) is 48.6 Å². The molecule has 0 aliphatic carbocycles. The third-order valence-corrected chi connectivity index (χ3v) is 7.22. The van der Waals surface area contributed by atoms with E-state index in [1.54, 1.807) is 6.92 Å². The normalized spacial score (nSPS) is 14.2. The van der Waals surface area contributed by atoms with Crippen molar-refractivity contribution in [2.45, 2.75) is 43.7 Å². The van der Waals surface area contributed by atoms with Gasteiger partial charge >= 0.3 is 0 Å². The molecule has 0 bridgehead atoms. The van der Waals surface area contributed by atoms with E-state index in [1.807, 2.05) is 38.1 Å². The second kappa shape index (κ2) is 20.9. The minimum Gasteiger partial charge on any atom is -0.379 e. The fourth-order valence-corrected chi connectivity index (χ4v) is 4.32. The fraction of sp³-hybridized carbons (Fsp3) is 0.567. The number of alkyl halides is 1. The van der Waals surface area contributed by atoms with Crippen molar-refractivity contribution in [3.05, 3.63) is 42.0 Å². The summed E-state index contributed by atoms with van der Waals surface area (Å²) in [6, 6.07) is 5.88. The van der Waals surface area contributed by atoms with Gasteiger partial charge in [0, 0.05) is 28.7 Å². The molecule has 0 saturated heterocycles. The van der Waals surface area contributed by atoms with E-state index in [0.717, 1.165) is 14.9 Å². The Morgan fingerprint density at radius 3 is 1.80 bits per heavy atom. The highest BCUT2D eigenvalue weighted by Gasteiger charge is 2.27. The number of imide groups is 1. The van der Waals surface area contributed by atoms with E-state index in [4.69, 9.17) is 18.9 Å². The van der Waals surface area contributed by atoms with Crippen molar-refractivity contribution >= 4 is 57.8 Å². The number of benzene rings is 1. The summed E-state index contributed by atoms with van der Waals surface area (Å²) in [5, 5.41) is 8.19.